The Balaban J connectivity index is 2.85. The molecule has 0 bridgehead atoms. The Morgan fingerprint density at radius 3 is 2.33 bits per heavy atom. The van der Waals surface area contributed by atoms with E-state index in [2.05, 4.69) is 36.0 Å². The first-order chi connectivity index (χ1) is 5.41. The molecule has 68 valence electrons. The summed E-state index contributed by atoms with van der Waals surface area (Å²) in [4.78, 5) is 4.19. The molecule has 1 rings (SSSR count). The molecule has 4 nitrogen and oxygen atoms in total. The summed E-state index contributed by atoms with van der Waals surface area (Å²) in [6.07, 6.45) is 0. The molecular weight excluding hydrogens is 152 g/mol. The van der Waals surface area contributed by atoms with Gasteiger partial charge in [-0.1, -0.05) is 20.8 Å². The third kappa shape index (κ3) is 1.82. The molecule has 0 saturated carbocycles. The molecular formula is C8H16N4. The molecule has 4 heteroatoms. The van der Waals surface area contributed by atoms with Crippen molar-refractivity contribution in [2.24, 2.45) is 11.1 Å². The van der Waals surface area contributed by atoms with Gasteiger partial charge in [0.2, 0.25) is 0 Å². The summed E-state index contributed by atoms with van der Waals surface area (Å²) in [5, 5.41) is 6.80. The van der Waals surface area contributed by atoms with Gasteiger partial charge >= 0.3 is 0 Å². The van der Waals surface area contributed by atoms with Crippen molar-refractivity contribution < 1.29 is 0 Å². The molecule has 3 N–H and O–H groups in total. The summed E-state index contributed by atoms with van der Waals surface area (Å²) in [5.74, 6) is 1.50. The maximum atomic E-state index is 5.94. The van der Waals surface area contributed by atoms with Crippen LogP contribution >= 0.6 is 0 Å². The Kier molecular flexibility index (Phi) is 2.19. The van der Waals surface area contributed by atoms with Crippen LogP contribution in [-0.2, 0) is 0 Å². The molecule has 0 spiro atoms. The number of H-pyrrole nitrogens is 1. The highest BCUT2D eigenvalue weighted by Gasteiger charge is 2.25. The summed E-state index contributed by atoms with van der Waals surface area (Å²) in [6, 6.07) is -0.109. The third-order valence-electron chi connectivity index (χ3n) is 1.83. The van der Waals surface area contributed by atoms with E-state index in [9.17, 15) is 0 Å². The molecule has 1 heterocycles. The Morgan fingerprint density at radius 1 is 1.42 bits per heavy atom. The minimum Gasteiger partial charge on any atom is -0.321 e. The van der Waals surface area contributed by atoms with Crippen LogP contribution in [0.3, 0.4) is 0 Å². The van der Waals surface area contributed by atoms with E-state index in [0.29, 0.717) is 5.82 Å². The van der Waals surface area contributed by atoms with Crippen LogP contribution in [0.4, 0.5) is 0 Å². The molecule has 0 radical (unpaired) electrons. The van der Waals surface area contributed by atoms with E-state index < -0.39 is 0 Å². The summed E-state index contributed by atoms with van der Waals surface area (Å²) < 4.78 is 0. The molecule has 1 aromatic heterocycles. The number of nitrogens with one attached hydrogen (secondary N) is 1. The van der Waals surface area contributed by atoms with E-state index in [0.717, 1.165) is 5.82 Å². The number of nitrogens with two attached hydrogens (primary N) is 1. The molecule has 1 unspecified atom stereocenters. The van der Waals surface area contributed by atoms with Gasteiger partial charge in [0.1, 0.15) is 5.82 Å². The Morgan fingerprint density at radius 2 is 2.00 bits per heavy atom. The van der Waals surface area contributed by atoms with E-state index in [1.165, 1.54) is 0 Å². The summed E-state index contributed by atoms with van der Waals surface area (Å²) in [7, 11) is 0. The van der Waals surface area contributed by atoms with E-state index >= 15 is 0 Å². The summed E-state index contributed by atoms with van der Waals surface area (Å²) in [6.45, 7) is 8.09. The Bertz CT molecular complexity index is 258. The van der Waals surface area contributed by atoms with Gasteiger partial charge in [0, 0.05) is 0 Å². The molecule has 0 aliphatic rings. The van der Waals surface area contributed by atoms with Crippen LogP contribution in [0.5, 0.6) is 0 Å². The second kappa shape index (κ2) is 2.86. The molecule has 0 aliphatic carbocycles. The molecule has 1 aromatic rings. The SMILES string of the molecule is Cc1nc(C(N)C(C)(C)C)n[nH]1. The van der Waals surface area contributed by atoms with Crippen molar-refractivity contribution in [3.8, 4) is 0 Å². The lowest BCUT2D eigenvalue weighted by Crippen LogP contribution is -2.27. The predicted molar refractivity (Wildman–Crippen MR) is 47.5 cm³/mol. The fourth-order valence-electron chi connectivity index (χ4n) is 0.886. The average Bonchev–Trinajstić information content (AvgIpc) is 2.32. The zero-order chi connectivity index (χ0) is 9.35. The normalized spacial score (nSPS) is 14.8. The second-order valence-electron chi connectivity index (χ2n) is 4.12. The number of hydrogen-bond donors (Lipinski definition) is 2. The molecule has 0 amide bonds. The van der Waals surface area contributed by atoms with Crippen molar-refractivity contribution in [1.29, 1.82) is 0 Å². The van der Waals surface area contributed by atoms with Crippen molar-refractivity contribution in [2.45, 2.75) is 33.7 Å². The van der Waals surface area contributed by atoms with E-state index in [4.69, 9.17) is 5.73 Å². The van der Waals surface area contributed by atoms with Gasteiger partial charge in [0.25, 0.3) is 0 Å². The first kappa shape index (κ1) is 9.19. The number of hydrogen-bond acceptors (Lipinski definition) is 3. The number of aromatic nitrogens is 3. The van der Waals surface area contributed by atoms with E-state index in [1.807, 2.05) is 6.92 Å². The van der Waals surface area contributed by atoms with Gasteiger partial charge in [-0.25, -0.2) is 4.98 Å². The van der Waals surface area contributed by atoms with Gasteiger partial charge in [-0.05, 0) is 12.3 Å². The first-order valence-corrected chi connectivity index (χ1v) is 4.06. The number of aryl methyl sites for hydroxylation is 1. The summed E-state index contributed by atoms with van der Waals surface area (Å²) >= 11 is 0. The minimum absolute atomic E-state index is 0.00856. The van der Waals surface area contributed by atoms with Gasteiger partial charge in [0.15, 0.2) is 5.82 Å². The monoisotopic (exact) mass is 168 g/mol. The van der Waals surface area contributed by atoms with Crippen molar-refractivity contribution in [3.05, 3.63) is 11.6 Å². The molecule has 0 aromatic carbocycles. The van der Waals surface area contributed by atoms with Crippen molar-refractivity contribution >= 4 is 0 Å². The maximum Gasteiger partial charge on any atom is 0.167 e. The van der Waals surface area contributed by atoms with Gasteiger partial charge < -0.3 is 5.73 Å². The van der Waals surface area contributed by atoms with E-state index in [-0.39, 0.29) is 11.5 Å². The molecule has 0 fully saturated rings. The zero-order valence-corrected chi connectivity index (χ0v) is 8.05. The van der Waals surface area contributed by atoms with Crippen molar-refractivity contribution in [1.82, 2.24) is 15.2 Å². The van der Waals surface area contributed by atoms with Gasteiger partial charge in [-0.2, -0.15) is 5.10 Å². The molecule has 0 aliphatic heterocycles. The van der Waals surface area contributed by atoms with Crippen LogP contribution in [0, 0.1) is 12.3 Å². The lowest BCUT2D eigenvalue weighted by Gasteiger charge is -2.23. The lowest BCUT2D eigenvalue weighted by atomic mass is 9.87. The fourth-order valence-corrected chi connectivity index (χ4v) is 0.886. The second-order valence-corrected chi connectivity index (χ2v) is 4.12. The number of aromatic amines is 1. The van der Waals surface area contributed by atoms with Gasteiger partial charge in [-0.3, -0.25) is 5.10 Å². The van der Waals surface area contributed by atoms with Gasteiger partial charge in [-0.15, -0.1) is 0 Å². The minimum atomic E-state index is -0.109. The highest BCUT2D eigenvalue weighted by molar-refractivity contribution is 4.98. The quantitative estimate of drug-likeness (QED) is 0.661. The largest absolute Gasteiger partial charge is 0.321 e. The van der Waals surface area contributed by atoms with E-state index in [1.54, 1.807) is 0 Å². The Hall–Kier alpha value is -0.900. The fraction of sp³-hybridized carbons (Fsp3) is 0.750. The van der Waals surface area contributed by atoms with Crippen LogP contribution in [0.15, 0.2) is 0 Å². The predicted octanol–water partition coefficient (Wildman–Crippen LogP) is 1.16. The van der Waals surface area contributed by atoms with Crippen molar-refractivity contribution in [3.63, 3.8) is 0 Å². The number of rotatable bonds is 1. The highest BCUT2D eigenvalue weighted by atomic mass is 15.2. The van der Waals surface area contributed by atoms with Crippen LogP contribution in [0.2, 0.25) is 0 Å². The van der Waals surface area contributed by atoms with Crippen LogP contribution in [-0.4, -0.2) is 15.2 Å². The van der Waals surface area contributed by atoms with Crippen LogP contribution in [0.1, 0.15) is 38.5 Å². The Labute approximate surface area is 72.6 Å². The topological polar surface area (TPSA) is 67.6 Å². The lowest BCUT2D eigenvalue weighted by molar-refractivity contribution is 0.316. The van der Waals surface area contributed by atoms with Crippen LogP contribution < -0.4 is 5.73 Å². The van der Waals surface area contributed by atoms with Crippen LogP contribution in [0.25, 0.3) is 0 Å². The molecule has 12 heavy (non-hydrogen) atoms. The third-order valence-corrected chi connectivity index (χ3v) is 1.83. The smallest absolute Gasteiger partial charge is 0.167 e. The summed E-state index contributed by atoms with van der Waals surface area (Å²) in [5.41, 5.74) is 5.95. The van der Waals surface area contributed by atoms with Gasteiger partial charge in [0.05, 0.1) is 6.04 Å². The highest BCUT2D eigenvalue weighted by Crippen LogP contribution is 2.27. The molecule has 0 saturated heterocycles. The standard InChI is InChI=1S/C8H16N4/c1-5-10-7(12-11-5)6(9)8(2,3)4/h6H,9H2,1-4H3,(H,10,11,12). The maximum absolute atomic E-state index is 5.94. The first-order valence-electron chi connectivity index (χ1n) is 4.06. The molecule has 1 atom stereocenters. The number of nitrogens with zero attached hydrogens (tertiary/aromatic N) is 2. The van der Waals surface area contributed by atoms with Crippen molar-refractivity contribution in [2.75, 3.05) is 0 Å². The average molecular weight is 168 g/mol. The zero-order valence-electron chi connectivity index (χ0n) is 8.05.